The minimum Gasteiger partial charge on any atom is -0.497 e. The lowest BCUT2D eigenvalue weighted by atomic mass is 10.2. The SMILES string of the molecule is COc1cccc(N(C)c2ccccc2N)c1. The van der Waals surface area contributed by atoms with Gasteiger partial charge in [-0.25, -0.2) is 0 Å². The molecule has 17 heavy (non-hydrogen) atoms. The van der Waals surface area contributed by atoms with E-state index in [1.165, 1.54) is 0 Å². The molecular formula is C14H16N2O. The highest BCUT2D eigenvalue weighted by Gasteiger charge is 2.07. The van der Waals surface area contributed by atoms with Crippen LogP contribution in [0.15, 0.2) is 48.5 Å². The Kier molecular flexibility index (Phi) is 3.19. The van der Waals surface area contributed by atoms with Crippen molar-refractivity contribution in [3.63, 3.8) is 0 Å². The van der Waals surface area contributed by atoms with Gasteiger partial charge in [0.25, 0.3) is 0 Å². The van der Waals surface area contributed by atoms with Crippen molar-refractivity contribution in [1.82, 2.24) is 0 Å². The summed E-state index contributed by atoms with van der Waals surface area (Å²) in [4.78, 5) is 2.04. The number of para-hydroxylation sites is 2. The molecule has 0 aromatic heterocycles. The summed E-state index contributed by atoms with van der Waals surface area (Å²) in [5.74, 6) is 0.837. The zero-order valence-corrected chi connectivity index (χ0v) is 10.1. The molecule has 0 unspecified atom stereocenters. The lowest BCUT2D eigenvalue weighted by Crippen LogP contribution is -2.11. The van der Waals surface area contributed by atoms with Crippen LogP contribution in [0.5, 0.6) is 5.75 Å². The van der Waals surface area contributed by atoms with Crippen LogP contribution in [0.3, 0.4) is 0 Å². The van der Waals surface area contributed by atoms with Crippen LogP contribution in [0.1, 0.15) is 0 Å². The summed E-state index contributed by atoms with van der Waals surface area (Å²) in [5, 5.41) is 0. The molecule has 0 amide bonds. The minimum absolute atomic E-state index is 0.762. The summed E-state index contributed by atoms with van der Waals surface area (Å²) >= 11 is 0. The van der Waals surface area contributed by atoms with Crippen LogP contribution in [0.4, 0.5) is 17.1 Å². The van der Waals surface area contributed by atoms with Gasteiger partial charge < -0.3 is 15.4 Å². The Hall–Kier alpha value is -2.16. The standard InChI is InChI=1S/C14H16N2O/c1-16(14-9-4-3-8-13(14)15)11-6-5-7-12(10-11)17-2/h3-10H,15H2,1-2H3. The van der Waals surface area contributed by atoms with Crippen molar-refractivity contribution < 1.29 is 4.74 Å². The van der Waals surface area contributed by atoms with Crippen molar-refractivity contribution in [3.05, 3.63) is 48.5 Å². The van der Waals surface area contributed by atoms with Gasteiger partial charge in [-0.3, -0.25) is 0 Å². The smallest absolute Gasteiger partial charge is 0.120 e. The minimum atomic E-state index is 0.762. The first-order chi connectivity index (χ1) is 8.22. The molecule has 0 saturated carbocycles. The van der Waals surface area contributed by atoms with Gasteiger partial charge in [0.15, 0.2) is 0 Å². The van der Waals surface area contributed by atoms with E-state index in [2.05, 4.69) is 0 Å². The molecule has 0 heterocycles. The molecule has 2 rings (SSSR count). The predicted octanol–water partition coefficient (Wildman–Crippen LogP) is 3.05. The third-order valence-electron chi connectivity index (χ3n) is 2.74. The molecule has 0 fully saturated rings. The molecule has 2 aromatic carbocycles. The van der Waals surface area contributed by atoms with E-state index in [9.17, 15) is 0 Å². The van der Waals surface area contributed by atoms with Gasteiger partial charge in [0.2, 0.25) is 0 Å². The van der Waals surface area contributed by atoms with E-state index in [1.54, 1.807) is 7.11 Å². The second-order valence-corrected chi connectivity index (χ2v) is 3.82. The zero-order chi connectivity index (χ0) is 12.3. The molecule has 0 spiro atoms. The maximum atomic E-state index is 5.96. The summed E-state index contributed by atoms with van der Waals surface area (Å²) < 4.78 is 5.21. The highest BCUT2D eigenvalue weighted by atomic mass is 16.5. The van der Waals surface area contributed by atoms with E-state index in [0.29, 0.717) is 0 Å². The number of ether oxygens (including phenoxy) is 1. The Morgan fingerprint density at radius 2 is 1.82 bits per heavy atom. The molecule has 3 nitrogen and oxygen atoms in total. The maximum Gasteiger partial charge on any atom is 0.120 e. The molecule has 0 bridgehead atoms. The molecule has 3 heteroatoms. The quantitative estimate of drug-likeness (QED) is 0.820. The van der Waals surface area contributed by atoms with Crippen LogP contribution in [-0.4, -0.2) is 14.2 Å². The summed E-state index contributed by atoms with van der Waals surface area (Å²) in [6.45, 7) is 0. The van der Waals surface area contributed by atoms with Crippen molar-refractivity contribution in [3.8, 4) is 5.75 Å². The van der Waals surface area contributed by atoms with Gasteiger partial charge in [0.1, 0.15) is 5.75 Å². The van der Waals surface area contributed by atoms with Gasteiger partial charge in [0, 0.05) is 18.8 Å². The van der Waals surface area contributed by atoms with E-state index in [0.717, 1.165) is 22.8 Å². The topological polar surface area (TPSA) is 38.5 Å². The highest BCUT2D eigenvalue weighted by Crippen LogP contribution is 2.30. The molecule has 0 aliphatic heterocycles. The van der Waals surface area contributed by atoms with Crippen LogP contribution in [0, 0.1) is 0 Å². The fourth-order valence-corrected chi connectivity index (χ4v) is 1.75. The molecule has 0 aliphatic carbocycles. The largest absolute Gasteiger partial charge is 0.497 e. The molecule has 2 N–H and O–H groups in total. The number of hydrogen-bond donors (Lipinski definition) is 1. The average Bonchev–Trinajstić information content (AvgIpc) is 2.38. The van der Waals surface area contributed by atoms with E-state index >= 15 is 0 Å². The number of nitrogens with zero attached hydrogens (tertiary/aromatic N) is 1. The monoisotopic (exact) mass is 228 g/mol. The third kappa shape index (κ3) is 2.33. The second kappa shape index (κ2) is 4.78. The first-order valence-electron chi connectivity index (χ1n) is 5.44. The summed E-state index contributed by atoms with van der Waals surface area (Å²) in [5.41, 5.74) is 8.75. The molecule has 0 aliphatic rings. The lowest BCUT2D eigenvalue weighted by Gasteiger charge is -2.21. The van der Waals surface area contributed by atoms with Gasteiger partial charge in [-0.2, -0.15) is 0 Å². The van der Waals surface area contributed by atoms with Crippen molar-refractivity contribution in [2.45, 2.75) is 0 Å². The summed E-state index contributed by atoms with van der Waals surface area (Å²) in [6.07, 6.45) is 0. The van der Waals surface area contributed by atoms with Gasteiger partial charge in [0.05, 0.1) is 18.5 Å². The highest BCUT2D eigenvalue weighted by molar-refractivity contribution is 5.74. The molecule has 0 atom stereocenters. The molecule has 2 aromatic rings. The molecule has 0 radical (unpaired) electrons. The first-order valence-corrected chi connectivity index (χ1v) is 5.44. The average molecular weight is 228 g/mol. The van der Waals surface area contributed by atoms with E-state index in [-0.39, 0.29) is 0 Å². The number of nitrogens with two attached hydrogens (primary N) is 1. The molecule has 88 valence electrons. The van der Waals surface area contributed by atoms with Gasteiger partial charge in [-0.05, 0) is 24.3 Å². The first kappa shape index (κ1) is 11.3. The second-order valence-electron chi connectivity index (χ2n) is 3.82. The number of anilines is 3. The normalized spacial score (nSPS) is 10.0. The Balaban J connectivity index is 2.37. The summed E-state index contributed by atoms with van der Waals surface area (Å²) in [6, 6.07) is 15.7. The van der Waals surface area contributed by atoms with Crippen LogP contribution >= 0.6 is 0 Å². The third-order valence-corrected chi connectivity index (χ3v) is 2.74. The predicted molar refractivity (Wildman–Crippen MR) is 71.9 cm³/mol. The molecule has 0 saturated heterocycles. The zero-order valence-electron chi connectivity index (χ0n) is 10.1. The Morgan fingerprint density at radius 1 is 1.06 bits per heavy atom. The van der Waals surface area contributed by atoms with E-state index in [4.69, 9.17) is 10.5 Å². The maximum absolute atomic E-state index is 5.96. The van der Waals surface area contributed by atoms with Crippen LogP contribution in [0.25, 0.3) is 0 Å². The Labute approximate surface area is 101 Å². The fraction of sp³-hybridized carbons (Fsp3) is 0.143. The summed E-state index contributed by atoms with van der Waals surface area (Å²) in [7, 11) is 3.65. The van der Waals surface area contributed by atoms with Gasteiger partial charge in [-0.1, -0.05) is 18.2 Å². The van der Waals surface area contributed by atoms with Crippen molar-refractivity contribution >= 4 is 17.1 Å². The number of methoxy groups -OCH3 is 1. The van der Waals surface area contributed by atoms with Crippen molar-refractivity contribution in [1.29, 1.82) is 0 Å². The fourth-order valence-electron chi connectivity index (χ4n) is 1.75. The number of benzene rings is 2. The molecular weight excluding hydrogens is 212 g/mol. The van der Waals surface area contributed by atoms with Crippen LogP contribution in [0.2, 0.25) is 0 Å². The van der Waals surface area contributed by atoms with Gasteiger partial charge >= 0.3 is 0 Å². The lowest BCUT2D eigenvalue weighted by molar-refractivity contribution is 0.415. The van der Waals surface area contributed by atoms with Crippen molar-refractivity contribution in [2.75, 3.05) is 24.8 Å². The number of nitrogen functional groups attached to an aromatic ring is 1. The number of hydrogen-bond acceptors (Lipinski definition) is 3. The Morgan fingerprint density at radius 3 is 2.53 bits per heavy atom. The van der Waals surface area contributed by atoms with Gasteiger partial charge in [-0.15, -0.1) is 0 Å². The van der Waals surface area contributed by atoms with Crippen LogP contribution in [-0.2, 0) is 0 Å². The number of rotatable bonds is 3. The van der Waals surface area contributed by atoms with Crippen LogP contribution < -0.4 is 15.4 Å². The van der Waals surface area contributed by atoms with Crippen molar-refractivity contribution in [2.24, 2.45) is 0 Å². The van der Waals surface area contributed by atoms with E-state index < -0.39 is 0 Å². The van der Waals surface area contributed by atoms with E-state index in [1.807, 2.05) is 60.5 Å². The Bertz CT molecular complexity index is 511.